The molecule has 1 heterocycles. The van der Waals surface area contributed by atoms with Crippen LogP contribution < -0.4 is 14.2 Å². The molecule has 1 amide bonds. The van der Waals surface area contributed by atoms with E-state index in [0.717, 1.165) is 16.6 Å². The molecule has 2 aromatic carbocycles. The van der Waals surface area contributed by atoms with Crippen LogP contribution in [0.4, 0.5) is 0 Å². The minimum absolute atomic E-state index is 0.0434. The fourth-order valence-electron chi connectivity index (χ4n) is 4.06. The van der Waals surface area contributed by atoms with Gasteiger partial charge in [0.1, 0.15) is 12.4 Å². The van der Waals surface area contributed by atoms with Crippen molar-refractivity contribution in [1.82, 2.24) is 14.5 Å². The summed E-state index contributed by atoms with van der Waals surface area (Å²) in [6, 6.07) is 11.7. The van der Waals surface area contributed by atoms with Crippen LogP contribution in [-0.2, 0) is 11.3 Å². The summed E-state index contributed by atoms with van der Waals surface area (Å²) in [6.07, 6.45) is 0. The van der Waals surface area contributed by atoms with Crippen LogP contribution in [0.25, 0.3) is 22.4 Å². The number of hydrogen-bond acceptors (Lipinski definition) is 5. The van der Waals surface area contributed by atoms with E-state index in [1.54, 1.807) is 21.3 Å². The second kappa shape index (κ2) is 9.29. The van der Waals surface area contributed by atoms with Crippen LogP contribution in [0, 0.1) is 0 Å². The highest BCUT2D eigenvalue weighted by molar-refractivity contribution is 5.85. The number of imidazole rings is 1. The normalized spacial score (nSPS) is 11.3. The molecule has 0 radical (unpaired) electrons. The SMILES string of the molecule is COc1cc(-c2nc3ccccc3n2CC(=O)N(C(C)C)C(C)C)cc(OC)c1OC. The van der Waals surface area contributed by atoms with E-state index in [2.05, 4.69) is 0 Å². The molecule has 7 nitrogen and oxygen atoms in total. The highest BCUT2D eigenvalue weighted by atomic mass is 16.5. The second-order valence-electron chi connectivity index (χ2n) is 7.91. The largest absolute Gasteiger partial charge is 0.493 e. The highest BCUT2D eigenvalue weighted by Gasteiger charge is 2.24. The first-order valence-electron chi connectivity index (χ1n) is 10.4. The average molecular weight is 426 g/mol. The molecule has 0 N–H and O–H groups in total. The Balaban J connectivity index is 2.18. The van der Waals surface area contributed by atoms with Crippen molar-refractivity contribution in [2.75, 3.05) is 21.3 Å². The number of fused-ring (bicyclic) bond motifs is 1. The number of methoxy groups -OCH3 is 3. The number of nitrogens with zero attached hydrogens (tertiary/aromatic N) is 3. The average Bonchev–Trinajstić information content (AvgIpc) is 3.10. The second-order valence-corrected chi connectivity index (χ2v) is 7.91. The Morgan fingerprint density at radius 2 is 1.55 bits per heavy atom. The zero-order valence-electron chi connectivity index (χ0n) is 19.3. The molecule has 0 saturated heterocycles. The lowest BCUT2D eigenvalue weighted by atomic mass is 10.1. The molecule has 0 aliphatic rings. The summed E-state index contributed by atoms with van der Waals surface area (Å²) in [5, 5.41) is 0. The van der Waals surface area contributed by atoms with Crippen LogP contribution in [0.2, 0.25) is 0 Å². The Kier molecular flexibility index (Phi) is 6.73. The van der Waals surface area contributed by atoms with Gasteiger partial charge in [-0.05, 0) is 52.0 Å². The number of amides is 1. The van der Waals surface area contributed by atoms with Crippen LogP contribution in [0.15, 0.2) is 36.4 Å². The van der Waals surface area contributed by atoms with Crippen molar-refractivity contribution in [1.29, 1.82) is 0 Å². The number of rotatable bonds is 8. The lowest BCUT2D eigenvalue weighted by molar-refractivity contribution is -0.135. The van der Waals surface area contributed by atoms with Gasteiger partial charge in [0, 0.05) is 17.6 Å². The summed E-state index contributed by atoms with van der Waals surface area (Å²) in [5.74, 6) is 2.29. The molecule has 0 fully saturated rings. The van der Waals surface area contributed by atoms with E-state index in [9.17, 15) is 4.79 Å². The van der Waals surface area contributed by atoms with Gasteiger partial charge in [-0.25, -0.2) is 4.98 Å². The number of benzene rings is 2. The fourth-order valence-corrected chi connectivity index (χ4v) is 4.06. The van der Waals surface area contributed by atoms with Crippen molar-refractivity contribution in [3.63, 3.8) is 0 Å². The van der Waals surface area contributed by atoms with E-state index < -0.39 is 0 Å². The van der Waals surface area contributed by atoms with Crippen molar-refractivity contribution in [2.24, 2.45) is 0 Å². The summed E-state index contributed by atoms with van der Waals surface area (Å²) in [7, 11) is 4.73. The predicted molar refractivity (Wildman–Crippen MR) is 122 cm³/mol. The molecule has 0 unspecified atom stereocenters. The van der Waals surface area contributed by atoms with Gasteiger partial charge in [0.2, 0.25) is 11.7 Å². The number of carbonyl (C=O) groups is 1. The van der Waals surface area contributed by atoms with Gasteiger partial charge in [0.25, 0.3) is 0 Å². The topological polar surface area (TPSA) is 65.8 Å². The third kappa shape index (κ3) is 4.31. The molecule has 166 valence electrons. The van der Waals surface area contributed by atoms with E-state index in [1.165, 1.54) is 0 Å². The Hall–Kier alpha value is -3.22. The van der Waals surface area contributed by atoms with Crippen molar-refractivity contribution >= 4 is 16.9 Å². The van der Waals surface area contributed by atoms with Gasteiger partial charge in [0.15, 0.2) is 11.5 Å². The van der Waals surface area contributed by atoms with Crippen LogP contribution in [-0.4, -0.2) is 53.8 Å². The smallest absolute Gasteiger partial charge is 0.243 e. The molecule has 0 bridgehead atoms. The van der Waals surface area contributed by atoms with Crippen LogP contribution in [0.5, 0.6) is 17.2 Å². The Bertz CT molecular complexity index is 1040. The Morgan fingerprint density at radius 1 is 0.968 bits per heavy atom. The van der Waals surface area contributed by atoms with Crippen molar-refractivity contribution in [3.8, 4) is 28.6 Å². The minimum atomic E-state index is 0.0434. The van der Waals surface area contributed by atoms with E-state index >= 15 is 0 Å². The van der Waals surface area contributed by atoms with Crippen molar-refractivity contribution in [3.05, 3.63) is 36.4 Å². The number of aromatic nitrogens is 2. The summed E-state index contributed by atoms with van der Waals surface area (Å²) in [5.41, 5.74) is 2.49. The molecule has 31 heavy (non-hydrogen) atoms. The molecule has 3 aromatic rings. The molecule has 0 aliphatic heterocycles. The third-order valence-corrected chi connectivity index (χ3v) is 5.27. The van der Waals surface area contributed by atoms with Crippen molar-refractivity contribution in [2.45, 2.75) is 46.3 Å². The first-order valence-corrected chi connectivity index (χ1v) is 10.4. The minimum Gasteiger partial charge on any atom is -0.493 e. The highest BCUT2D eigenvalue weighted by Crippen LogP contribution is 2.41. The lowest BCUT2D eigenvalue weighted by Crippen LogP contribution is -2.43. The lowest BCUT2D eigenvalue weighted by Gasteiger charge is -2.31. The fraction of sp³-hybridized carbons (Fsp3) is 0.417. The molecule has 0 saturated carbocycles. The van der Waals surface area contributed by atoms with E-state index in [0.29, 0.717) is 23.1 Å². The van der Waals surface area contributed by atoms with Gasteiger partial charge in [-0.2, -0.15) is 0 Å². The molecule has 1 aromatic heterocycles. The molecular weight excluding hydrogens is 394 g/mol. The first kappa shape index (κ1) is 22.5. The van der Waals surface area contributed by atoms with E-state index in [-0.39, 0.29) is 24.5 Å². The van der Waals surface area contributed by atoms with E-state index in [1.807, 2.05) is 73.6 Å². The van der Waals surface area contributed by atoms with Gasteiger partial charge in [-0.1, -0.05) is 12.1 Å². The number of ether oxygens (including phenoxy) is 3. The van der Waals surface area contributed by atoms with E-state index in [4.69, 9.17) is 19.2 Å². The third-order valence-electron chi connectivity index (χ3n) is 5.27. The maximum Gasteiger partial charge on any atom is 0.243 e. The number of carbonyl (C=O) groups excluding carboxylic acids is 1. The van der Waals surface area contributed by atoms with Crippen LogP contribution in [0.3, 0.4) is 0 Å². The predicted octanol–water partition coefficient (Wildman–Crippen LogP) is 4.37. The molecule has 7 heteroatoms. The Labute approximate surface area is 183 Å². The van der Waals surface area contributed by atoms with Gasteiger partial charge in [-0.3, -0.25) is 4.79 Å². The van der Waals surface area contributed by atoms with Gasteiger partial charge < -0.3 is 23.7 Å². The van der Waals surface area contributed by atoms with Crippen molar-refractivity contribution < 1.29 is 19.0 Å². The molecule has 0 aliphatic carbocycles. The van der Waals surface area contributed by atoms with Crippen LogP contribution in [0.1, 0.15) is 27.7 Å². The number of para-hydroxylation sites is 2. The number of hydrogen-bond donors (Lipinski definition) is 0. The quantitative estimate of drug-likeness (QED) is 0.536. The monoisotopic (exact) mass is 425 g/mol. The van der Waals surface area contributed by atoms with Gasteiger partial charge >= 0.3 is 0 Å². The summed E-state index contributed by atoms with van der Waals surface area (Å²) < 4.78 is 18.4. The standard InChI is InChI=1S/C24H31N3O4/c1-15(2)27(16(3)4)22(28)14-26-19-11-9-8-10-18(19)25-24(26)17-12-20(29-5)23(31-7)21(13-17)30-6/h8-13,15-16H,14H2,1-7H3. The molecular formula is C24H31N3O4. The molecule has 3 rings (SSSR count). The van der Waals surface area contributed by atoms with Crippen LogP contribution >= 0.6 is 0 Å². The summed E-state index contributed by atoms with van der Waals surface area (Å²) in [4.78, 5) is 20.0. The maximum atomic E-state index is 13.3. The zero-order valence-corrected chi connectivity index (χ0v) is 19.3. The van der Waals surface area contributed by atoms with Gasteiger partial charge in [0.05, 0.1) is 32.4 Å². The Morgan fingerprint density at radius 3 is 2.06 bits per heavy atom. The summed E-state index contributed by atoms with van der Waals surface area (Å²) >= 11 is 0. The first-order chi connectivity index (χ1) is 14.8. The zero-order chi connectivity index (χ0) is 22.7. The summed E-state index contributed by atoms with van der Waals surface area (Å²) in [6.45, 7) is 8.31. The maximum absolute atomic E-state index is 13.3. The van der Waals surface area contributed by atoms with Gasteiger partial charge in [-0.15, -0.1) is 0 Å². The molecule has 0 atom stereocenters. The molecule has 0 spiro atoms.